The van der Waals surface area contributed by atoms with Crippen molar-refractivity contribution in [1.82, 2.24) is 0 Å². The molecule has 0 fully saturated rings. The van der Waals surface area contributed by atoms with E-state index >= 15 is 0 Å². The minimum atomic E-state index is -3.70. The molecule has 0 unspecified atom stereocenters. The van der Waals surface area contributed by atoms with Gasteiger partial charge in [-0.1, -0.05) is 15.9 Å². The van der Waals surface area contributed by atoms with E-state index in [2.05, 4.69) is 15.9 Å². The number of halogens is 1. The van der Waals surface area contributed by atoms with Crippen molar-refractivity contribution in [3.05, 3.63) is 22.7 Å². The Morgan fingerprint density at radius 2 is 1.74 bits per heavy atom. The summed E-state index contributed by atoms with van der Waals surface area (Å²) < 4.78 is 48.1. The standard InChI is InChI=1S/C11H16BrNO4S2/c1-8(2)18(14,15)5-6-19(16,17)11-4-3-9(12)7-10(11)13/h3-4,7-8H,5-6,13H2,1-2H3. The van der Waals surface area contributed by atoms with Gasteiger partial charge in [0.2, 0.25) is 0 Å². The van der Waals surface area contributed by atoms with Crippen LogP contribution in [0.3, 0.4) is 0 Å². The molecule has 1 rings (SSSR count). The zero-order valence-corrected chi connectivity index (χ0v) is 13.8. The van der Waals surface area contributed by atoms with Gasteiger partial charge in [0.05, 0.1) is 27.3 Å². The minimum absolute atomic E-state index is 0.0327. The van der Waals surface area contributed by atoms with E-state index < -0.39 is 36.4 Å². The first-order valence-electron chi connectivity index (χ1n) is 5.55. The molecule has 0 radical (unpaired) electrons. The van der Waals surface area contributed by atoms with Crippen molar-refractivity contribution in [2.45, 2.75) is 24.0 Å². The highest BCUT2D eigenvalue weighted by Crippen LogP contribution is 2.24. The van der Waals surface area contributed by atoms with Crippen molar-refractivity contribution >= 4 is 41.3 Å². The highest BCUT2D eigenvalue weighted by atomic mass is 79.9. The van der Waals surface area contributed by atoms with Gasteiger partial charge in [-0.3, -0.25) is 0 Å². The van der Waals surface area contributed by atoms with Gasteiger partial charge < -0.3 is 5.73 Å². The maximum atomic E-state index is 12.1. The molecule has 1 aromatic carbocycles. The summed E-state index contributed by atoms with van der Waals surface area (Å²) in [6.07, 6.45) is 0. The number of benzene rings is 1. The number of anilines is 1. The molecule has 0 bridgehead atoms. The van der Waals surface area contributed by atoms with Gasteiger partial charge in [0.15, 0.2) is 19.7 Å². The molecule has 0 aliphatic rings. The van der Waals surface area contributed by atoms with Gasteiger partial charge in [-0.15, -0.1) is 0 Å². The van der Waals surface area contributed by atoms with E-state index in [4.69, 9.17) is 5.73 Å². The molecule has 0 aliphatic carbocycles. The molecule has 0 saturated carbocycles. The van der Waals surface area contributed by atoms with Crippen molar-refractivity contribution in [1.29, 1.82) is 0 Å². The monoisotopic (exact) mass is 369 g/mol. The second kappa shape index (κ2) is 5.80. The van der Waals surface area contributed by atoms with Gasteiger partial charge in [-0.25, -0.2) is 16.8 Å². The molecule has 0 amide bonds. The molecule has 0 aliphatic heterocycles. The van der Waals surface area contributed by atoms with Gasteiger partial charge in [0.25, 0.3) is 0 Å². The first kappa shape index (κ1) is 16.5. The zero-order chi connectivity index (χ0) is 14.8. The van der Waals surface area contributed by atoms with Crippen LogP contribution < -0.4 is 5.73 Å². The van der Waals surface area contributed by atoms with Crippen LogP contribution in [0, 0.1) is 0 Å². The fourth-order valence-corrected chi connectivity index (χ4v) is 4.94. The topological polar surface area (TPSA) is 94.3 Å². The van der Waals surface area contributed by atoms with E-state index in [0.29, 0.717) is 4.47 Å². The Morgan fingerprint density at radius 3 is 2.21 bits per heavy atom. The summed E-state index contributed by atoms with van der Waals surface area (Å²) in [6.45, 7) is 3.05. The normalized spacial score (nSPS) is 12.8. The van der Waals surface area contributed by atoms with Crippen LogP contribution in [0.4, 0.5) is 5.69 Å². The molecular weight excluding hydrogens is 354 g/mol. The Bertz CT molecular complexity index is 666. The van der Waals surface area contributed by atoms with Gasteiger partial charge in [-0.2, -0.15) is 0 Å². The van der Waals surface area contributed by atoms with Gasteiger partial charge in [-0.05, 0) is 32.0 Å². The van der Waals surface area contributed by atoms with E-state index in [-0.39, 0.29) is 10.6 Å². The third kappa shape index (κ3) is 4.19. The number of hydrogen-bond donors (Lipinski definition) is 1. The van der Waals surface area contributed by atoms with Crippen LogP contribution in [-0.4, -0.2) is 33.6 Å². The fraction of sp³-hybridized carbons (Fsp3) is 0.455. The number of hydrogen-bond acceptors (Lipinski definition) is 5. The molecule has 108 valence electrons. The minimum Gasteiger partial charge on any atom is -0.398 e. The summed E-state index contributed by atoms with van der Waals surface area (Å²) in [5.74, 6) is -0.859. The largest absolute Gasteiger partial charge is 0.398 e. The first-order valence-corrected chi connectivity index (χ1v) is 9.71. The van der Waals surface area contributed by atoms with Crippen LogP contribution in [0.5, 0.6) is 0 Å². The maximum absolute atomic E-state index is 12.1. The van der Waals surface area contributed by atoms with E-state index in [1.807, 2.05) is 0 Å². The highest BCUT2D eigenvalue weighted by Gasteiger charge is 2.23. The van der Waals surface area contributed by atoms with E-state index in [1.54, 1.807) is 6.07 Å². The zero-order valence-electron chi connectivity index (χ0n) is 10.6. The predicted molar refractivity (Wildman–Crippen MR) is 79.5 cm³/mol. The molecule has 2 N–H and O–H groups in total. The van der Waals surface area contributed by atoms with Crippen LogP contribution >= 0.6 is 15.9 Å². The van der Waals surface area contributed by atoms with E-state index in [1.165, 1.54) is 26.0 Å². The molecule has 19 heavy (non-hydrogen) atoms. The number of nitrogen functional groups attached to an aromatic ring is 1. The molecule has 0 spiro atoms. The summed E-state index contributed by atoms with van der Waals surface area (Å²) >= 11 is 3.18. The Kier molecular flexibility index (Phi) is 5.02. The lowest BCUT2D eigenvalue weighted by Gasteiger charge is -2.10. The van der Waals surface area contributed by atoms with Crippen LogP contribution in [0.2, 0.25) is 0 Å². The molecule has 1 aromatic rings. The lowest BCUT2D eigenvalue weighted by molar-refractivity contribution is 0.582. The number of nitrogens with two attached hydrogens (primary N) is 1. The highest BCUT2D eigenvalue weighted by molar-refractivity contribution is 9.10. The second-order valence-corrected chi connectivity index (χ2v) is 10.1. The lowest BCUT2D eigenvalue weighted by Crippen LogP contribution is -2.24. The Labute approximate surface area is 122 Å². The van der Waals surface area contributed by atoms with E-state index in [0.717, 1.165) is 0 Å². The summed E-state index contributed by atoms with van der Waals surface area (Å²) in [5.41, 5.74) is 5.76. The SMILES string of the molecule is CC(C)S(=O)(=O)CCS(=O)(=O)c1ccc(Br)cc1N. The summed E-state index contributed by atoms with van der Waals surface area (Å²) in [7, 11) is -7.09. The molecular formula is C11H16BrNO4S2. The average Bonchev–Trinajstić information content (AvgIpc) is 2.26. The van der Waals surface area contributed by atoms with Gasteiger partial charge in [0, 0.05) is 4.47 Å². The number of rotatable bonds is 5. The fourth-order valence-electron chi connectivity index (χ4n) is 1.37. The molecule has 5 nitrogen and oxygen atoms in total. The van der Waals surface area contributed by atoms with Crippen molar-refractivity contribution < 1.29 is 16.8 Å². The Hall–Kier alpha value is -0.600. The summed E-state index contributed by atoms with van der Waals surface area (Å²) in [5, 5.41) is -0.593. The average molecular weight is 370 g/mol. The van der Waals surface area contributed by atoms with Crippen LogP contribution in [0.1, 0.15) is 13.8 Å². The van der Waals surface area contributed by atoms with Gasteiger partial charge >= 0.3 is 0 Å². The maximum Gasteiger partial charge on any atom is 0.181 e. The quantitative estimate of drug-likeness (QED) is 0.795. The van der Waals surface area contributed by atoms with Gasteiger partial charge in [0.1, 0.15) is 0 Å². The molecule has 0 saturated heterocycles. The van der Waals surface area contributed by atoms with Crippen molar-refractivity contribution in [2.75, 3.05) is 17.2 Å². The predicted octanol–water partition coefficient (Wildman–Crippen LogP) is 1.63. The Balaban J connectivity index is 3.00. The summed E-state index contributed by atoms with van der Waals surface area (Å²) in [6, 6.07) is 4.40. The smallest absolute Gasteiger partial charge is 0.181 e. The third-order valence-corrected chi connectivity index (χ3v) is 7.41. The van der Waals surface area contributed by atoms with Crippen LogP contribution in [0.25, 0.3) is 0 Å². The van der Waals surface area contributed by atoms with Crippen molar-refractivity contribution in [3.63, 3.8) is 0 Å². The van der Waals surface area contributed by atoms with Crippen molar-refractivity contribution in [2.24, 2.45) is 0 Å². The molecule has 0 aromatic heterocycles. The van der Waals surface area contributed by atoms with Crippen molar-refractivity contribution in [3.8, 4) is 0 Å². The molecule has 8 heteroatoms. The molecule has 0 heterocycles. The van der Waals surface area contributed by atoms with E-state index in [9.17, 15) is 16.8 Å². The summed E-state index contributed by atoms with van der Waals surface area (Å²) in [4.78, 5) is -0.0327. The second-order valence-electron chi connectivity index (χ2n) is 4.42. The Morgan fingerprint density at radius 1 is 1.16 bits per heavy atom. The van der Waals surface area contributed by atoms with Crippen LogP contribution in [0.15, 0.2) is 27.6 Å². The molecule has 0 atom stereocenters. The first-order chi connectivity index (χ1) is 8.56. The van der Waals surface area contributed by atoms with Crippen LogP contribution in [-0.2, 0) is 19.7 Å². The lowest BCUT2D eigenvalue weighted by atomic mass is 10.3. The number of sulfone groups is 2. The third-order valence-electron chi connectivity index (χ3n) is 2.66.